The molecule has 0 aliphatic heterocycles. The summed E-state index contributed by atoms with van der Waals surface area (Å²) < 4.78 is 13.3. The van der Waals surface area contributed by atoms with Crippen molar-refractivity contribution in [3.05, 3.63) is 42.0 Å². The van der Waals surface area contributed by atoms with E-state index in [4.69, 9.17) is 0 Å². The maximum absolute atomic E-state index is 13.3. The number of benzene rings is 1. The second-order valence-electron chi connectivity index (χ2n) is 4.44. The molecule has 0 saturated carbocycles. The lowest BCUT2D eigenvalue weighted by Gasteiger charge is -2.02. The third kappa shape index (κ3) is 3.09. The third-order valence-corrected chi connectivity index (χ3v) is 3.70. The number of H-pyrrole nitrogens is 1. The highest BCUT2D eigenvalue weighted by molar-refractivity contribution is 7.18. The van der Waals surface area contributed by atoms with Crippen LogP contribution in [0, 0.1) is 12.7 Å². The Labute approximate surface area is 128 Å². The van der Waals surface area contributed by atoms with Crippen molar-refractivity contribution in [1.82, 2.24) is 20.4 Å². The normalized spacial score (nSPS) is 10.5. The largest absolute Gasteiger partial charge is 0.325 e. The second-order valence-corrected chi connectivity index (χ2v) is 5.42. The van der Waals surface area contributed by atoms with E-state index >= 15 is 0 Å². The summed E-state index contributed by atoms with van der Waals surface area (Å²) in [5.74, 6) is -0.344. The molecular formula is C13H11FN6OS. The van der Waals surface area contributed by atoms with Crippen LogP contribution in [0.25, 0.3) is 10.6 Å². The maximum Gasteiger partial charge on any atom is 0.325 e. The Hall–Kier alpha value is -2.81. The lowest BCUT2D eigenvalue weighted by Crippen LogP contribution is -2.18. The molecule has 0 bridgehead atoms. The van der Waals surface area contributed by atoms with Crippen molar-refractivity contribution in [2.24, 2.45) is 0 Å². The molecule has 9 heteroatoms. The molecule has 2 heterocycles. The minimum Gasteiger partial charge on any atom is -0.305 e. The van der Waals surface area contributed by atoms with Gasteiger partial charge in [-0.25, -0.2) is 9.18 Å². The number of hydrogen-bond donors (Lipinski definition) is 3. The van der Waals surface area contributed by atoms with Crippen LogP contribution in [0.15, 0.2) is 30.6 Å². The van der Waals surface area contributed by atoms with E-state index in [-0.39, 0.29) is 5.82 Å². The van der Waals surface area contributed by atoms with E-state index in [0.29, 0.717) is 21.4 Å². The first-order valence-corrected chi connectivity index (χ1v) is 7.10. The van der Waals surface area contributed by atoms with Crippen molar-refractivity contribution in [2.45, 2.75) is 6.92 Å². The SMILES string of the molecule is Cc1ccc(F)cc1-c1nnc(NC(=O)Nc2cn[nH]c2)s1. The van der Waals surface area contributed by atoms with Crippen LogP contribution in [-0.4, -0.2) is 26.4 Å². The Bertz CT molecular complexity index is 801. The molecular weight excluding hydrogens is 307 g/mol. The molecule has 112 valence electrons. The summed E-state index contributed by atoms with van der Waals surface area (Å²) in [7, 11) is 0. The Morgan fingerprint density at radius 1 is 1.32 bits per heavy atom. The van der Waals surface area contributed by atoms with Gasteiger partial charge < -0.3 is 5.32 Å². The molecule has 2 aromatic heterocycles. The number of nitrogens with zero attached hydrogens (tertiary/aromatic N) is 3. The first kappa shape index (κ1) is 14.1. The van der Waals surface area contributed by atoms with Crippen molar-refractivity contribution in [1.29, 1.82) is 0 Å². The van der Waals surface area contributed by atoms with Crippen molar-refractivity contribution in [3.63, 3.8) is 0 Å². The molecule has 2 amide bonds. The molecule has 0 aliphatic rings. The molecule has 0 atom stereocenters. The summed E-state index contributed by atoms with van der Waals surface area (Å²) in [6.07, 6.45) is 3.02. The summed E-state index contributed by atoms with van der Waals surface area (Å²) in [5, 5.41) is 20.2. The average molecular weight is 318 g/mol. The number of hydrogen-bond acceptors (Lipinski definition) is 5. The number of aromatic amines is 1. The number of aryl methyl sites for hydroxylation is 1. The summed E-state index contributed by atoms with van der Waals surface area (Å²) in [6.45, 7) is 1.86. The standard InChI is InChI=1S/C13H11FN6OS/c1-7-2-3-8(14)4-10(7)11-19-20-13(22-11)18-12(21)17-9-5-15-16-6-9/h2-6H,1H3,(H,15,16)(H2,17,18,20,21). The van der Waals surface area contributed by atoms with Gasteiger partial charge in [0.1, 0.15) is 10.8 Å². The average Bonchev–Trinajstić information content (AvgIpc) is 3.13. The number of carbonyl (C=O) groups is 1. The first-order chi connectivity index (χ1) is 10.6. The van der Waals surface area contributed by atoms with E-state index in [1.54, 1.807) is 12.3 Å². The fraction of sp³-hybridized carbons (Fsp3) is 0.0769. The number of amides is 2. The van der Waals surface area contributed by atoms with Gasteiger partial charge in [0, 0.05) is 11.8 Å². The van der Waals surface area contributed by atoms with Crippen LogP contribution in [0.4, 0.5) is 20.0 Å². The molecule has 0 unspecified atom stereocenters. The molecule has 3 rings (SSSR count). The van der Waals surface area contributed by atoms with Gasteiger partial charge in [0.2, 0.25) is 5.13 Å². The third-order valence-electron chi connectivity index (χ3n) is 2.83. The van der Waals surface area contributed by atoms with Gasteiger partial charge in [-0.15, -0.1) is 10.2 Å². The summed E-state index contributed by atoms with van der Waals surface area (Å²) in [4.78, 5) is 11.8. The van der Waals surface area contributed by atoms with Gasteiger partial charge in [-0.2, -0.15) is 5.10 Å². The first-order valence-electron chi connectivity index (χ1n) is 6.28. The van der Waals surface area contributed by atoms with Crippen LogP contribution in [0.3, 0.4) is 0 Å². The number of rotatable bonds is 3. The summed E-state index contributed by atoms with van der Waals surface area (Å²) in [6, 6.07) is 3.99. The molecule has 1 aromatic carbocycles. The smallest absolute Gasteiger partial charge is 0.305 e. The van der Waals surface area contributed by atoms with Gasteiger partial charge in [-0.05, 0) is 24.6 Å². The predicted molar refractivity (Wildman–Crippen MR) is 81.3 cm³/mol. The van der Waals surface area contributed by atoms with Gasteiger partial charge in [-0.3, -0.25) is 10.4 Å². The number of anilines is 2. The van der Waals surface area contributed by atoms with Crippen molar-refractivity contribution < 1.29 is 9.18 Å². The fourth-order valence-electron chi connectivity index (χ4n) is 1.79. The second kappa shape index (κ2) is 5.90. The maximum atomic E-state index is 13.3. The molecule has 0 fully saturated rings. The van der Waals surface area contributed by atoms with Gasteiger partial charge in [0.25, 0.3) is 0 Å². The lowest BCUT2D eigenvalue weighted by molar-refractivity contribution is 0.262. The molecule has 0 radical (unpaired) electrons. The Kier molecular flexibility index (Phi) is 3.79. The van der Waals surface area contributed by atoms with Gasteiger partial charge in [0.05, 0.1) is 11.9 Å². The van der Waals surface area contributed by atoms with E-state index in [1.807, 2.05) is 6.92 Å². The monoisotopic (exact) mass is 318 g/mol. The Balaban J connectivity index is 1.73. The number of halogens is 1. The Morgan fingerprint density at radius 2 is 2.18 bits per heavy atom. The van der Waals surface area contributed by atoms with Crippen LogP contribution >= 0.6 is 11.3 Å². The molecule has 3 N–H and O–H groups in total. The van der Waals surface area contributed by atoms with Crippen molar-refractivity contribution in [3.8, 4) is 10.6 Å². The molecule has 3 aromatic rings. The fourth-order valence-corrected chi connectivity index (χ4v) is 2.61. The molecule has 22 heavy (non-hydrogen) atoms. The van der Waals surface area contributed by atoms with Crippen LogP contribution in [-0.2, 0) is 0 Å². The zero-order valence-corrected chi connectivity index (χ0v) is 12.2. The molecule has 0 saturated heterocycles. The van der Waals surface area contributed by atoms with Gasteiger partial charge >= 0.3 is 6.03 Å². The van der Waals surface area contributed by atoms with Gasteiger partial charge in [-0.1, -0.05) is 17.4 Å². The van der Waals surface area contributed by atoms with Crippen LogP contribution in [0.1, 0.15) is 5.56 Å². The number of aromatic nitrogens is 4. The number of carbonyl (C=O) groups excluding carboxylic acids is 1. The minimum absolute atomic E-state index is 0.319. The topological polar surface area (TPSA) is 95.6 Å². The minimum atomic E-state index is -0.458. The summed E-state index contributed by atoms with van der Waals surface area (Å²) in [5.41, 5.74) is 2.07. The van der Waals surface area contributed by atoms with Crippen LogP contribution in [0.5, 0.6) is 0 Å². The zero-order valence-electron chi connectivity index (χ0n) is 11.4. The van der Waals surface area contributed by atoms with E-state index < -0.39 is 6.03 Å². The molecule has 0 spiro atoms. The van der Waals surface area contributed by atoms with Crippen molar-refractivity contribution in [2.75, 3.05) is 10.6 Å². The van der Waals surface area contributed by atoms with E-state index in [0.717, 1.165) is 5.56 Å². The Morgan fingerprint density at radius 3 is 2.95 bits per heavy atom. The summed E-state index contributed by atoms with van der Waals surface area (Å²) >= 11 is 1.17. The predicted octanol–water partition coefficient (Wildman–Crippen LogP) is 3.02. The highest BCUT2D eigenvalue weighted by Crippen LogP contribution is 2.29. The van der Waals surface area contributed by atoms with Crippen LogP contribution in [0.2, 0.25) is 0 Å². The number of nitrogens with one attached hydrogen (secondary N) is 3. The van der Waals surface area contributed by atoms with Gasteiger partial charge in [0.15, 0.2) is 0 Å². The van der Waals surface area contributed by atoms with E-state index in [9.17, 15) is 9.18 Å². The van der Waals surface area contributed by atoms with E-state index in [1.165, 1.54) is 29.7 Å². The highest BCUT2D eigenvalue weighted by atomic mass is 32.1. The quantitative estimate of drug-likeness (QED) is 0.691. The highest BCUT2D eigenvalue weighted by Gasteiger charge is 2.12. The van der Waals surface area contributed by atoms with Crippen molar-refractivity contribution >= 4 is 28.2 Å². The molecule has 0 aliphatic carbocycles. The molecule has 7 nitrogen and oxygen atoms in total. The van der Waals surface area contributed by atoms with E-state index in [2.05, 4.69) is 31.0 Å². The zero-order chi connectivity index (χ0) is 15.5. The lowest BCUT2D eigenvalue weighted by atomic mass is 10.1. The number of urea groups is 1. The van der Waals surface area contributed by atoms with Crippen LogP contribution < -0.4 is 10.6 Å².